The SMILES string of the molecule is CC(C)(C)C1CN(C(=O)O)CCC1n1cc(N)c(C(F)F)n1. The van der Waals surface area contributed by atoms with E-state index in [1.54, 1.807) is 0 Å². The number of piperidine rings is 1. The van der Waals surface area contributed by atoms with E-state index in [2.05, 4.69) is 5.10 Å². The van der Waals surface area contributed by atoms with Crippen molar-refractivity contribution in [3.8, 4) is 0 Å². The summed E-state index contributed by atoms with van der Waals surface area (Å²) in [7, 11) is 0. The minimum absolute atomic E-state index is 0.0247. The van der Waals surface area contributed by atoms with Crippen LogP contribution in [0.4, 0.5) is 19.3 Å². The highest BCUT2D eigenvalue weighted by molar-refractivity contribution is 5.65. The van der Waals surface area contributed by atoms with Gasteiger partial charge in [-0.05, 0) is 11.8 Å². The van der Waals surface area contributed by atoms with E-state index in [0.29, 0.717) is 19.5 Å². The van der Waals surface area contributed by atoms with E-state index in [1.165, 1.54) is 15.8 Å². The van der Waals surface area contributed by atoms with E-state index in [9.17, 15) is 18.7 Å². The number of halogens is 2. The second kappa shape index (κ2) is 5.73. The molecule has 2 rings (SSSR count). The van der Waals surface area contributed by atoms with Gasteiger partial charge in [-0.15, -0.1) is 0 Å². The average molecular weight is 316 g/mol. The van der Waals surface area contributed by atoms with Crippen LogP contribution in [0.15, 0.2) is 6.20 Å². The molecule has 2 unspecified atom stereocenters. The Morgan fingerprint density at radius 3 is 2.59 bits per heavy atom. The van der Waals surface area contributed by atoms with Crippen molar-refractivity contribution in [1.82, 2.24) is 14.7 Å². The molecule has 0 aliphatic carbocycles. The number of nitrogens with two attached hydrogens (primary N) is 1. The molecule has 8 heteroatoms. The third-order valence-corrected chi connectivity index (χ3v) is 4.30. The van der Waals surface area contributed by atoms with Gasteiger partial charge in [0.15, 0.2) is 5.69 Å². The molecule has 6 nitrogen and oxygen atoms in total. The molecule has 0 aromatic carbocycles. The number of hydrogen-bond acceptors (Lipinski definition) is 3. The summed E-state index contributed by atoms with van der Waals surface area (Å²) in [5.74, 6) is -0.0397. The standard InChI is InChI=1S/C14H22F2N4O2/c1-14(2,3)8-6-19(13(21)22)5-4-10(8)20-7-9(17)11(18-20)12(15)16/h7-8,10,12H,4-6,17H2,1-3H3,(H,21,22). The van der Waals surface area contributed by atoms with Gasteiger partial charge in [0.25, 0.3) is 6.43 Å². The minimum Gasteiger partial charge on any atom is -0.465 e. The molecule has 2 heterocycles. The maximum atomic E-state index is 12.9. The quantitative estimate of drug-likeness (QED) is 0.878. The molecule has 1 fully saturated rings. The van der Waals surface area contributed by atoms with Crippen LogP contribution in [-0.2, 0) is 0 Å². The molecule has 124 valence electrons. The van der Waals surface area contributed by atoms with Crippen molar-refractivity contribution in [1.29, 1.82) is 0 Å². The van der Waals surface area contributed by atoms with Gasteiger partial charge in [-0.2, -0.15) is 5.10 Å². The molecule has 1 amide bonds. The number of amides is 1. The molecule has 0 spiro atoms. The summed E-state index contributed by atoms with van der Waals surface area (Å²) in [5.41, 5.74) is 4.99. The average Bonchev–Trinajstić information content (AvgIpc) is 2.79. The maximum Gasteiger partial charge on any atom is 0.407 e. The second-order valence-corrected chi connectivity index (χ2v) is 6.81. The first-order valence-electron chi connectivity index (χ1n) is 7.21. The van der Waals surface area contributed by atoms with Gasteiger partial charge >= 0.3 is 6.09 Å². The zero-order valence-electron chi connectivity index (χ0n) is 13.0. The predicted octanol–water partition coefficient (Wildman–Crippen LogP) is 2.99. The monoisotopic (exact) mass is 316 g/mol. The fourth-order valence-electron chi connectivity index (χ4n) is 3.04. The van der Waals surface area contributed by atoms with Crippen molar-refractivity contribution in [3.05, 3.63) is 11.9 Å². The highest BCUT2D eigenvalue weighted by Crippen LogP contribution is 2.41. The largest absolute Gasteiger partial charge is 0.465 e. The predicted molar refractivity (Wildman–Crippen MR) is 77.8 cm³/mol. The molecule has 1 saturated heterocycles. The number of carboxylic acid groups (broad SMARTS) is 1. The second-order valence-electron chi connectivity index (χ2n) is 6.81. The van der Waals surface area contributed by atoms with Crippen LogP contribution in [0.5, 0.6) is 0 Å². The number of carbonyl (C=O) groups is 1. The molecule has 0 radical (unpaired) electrons. The van der Waals surface area contributed by atoms with E-state index >= 15 is 0 Å². The van der Waals surface area contributed by atoms with E-state index in [1.807, 2.05) is 20.8 Å². The highest BCUT2D eigenvalue weighted by atomic mass is 19.3. The van der Waals surface area contributed by atoms with Crippen LogP contribution >= 0.6 is 0 Å². The lowest BCUT2D eigenvalue weighted by atomic mass is 9.73. The number of alkyl halides is 2. The first-order valence-corrected chi connectivity index (χ1v) is 7.21. The molecule has 0 bridgehead atoms. The lowest BCUT2D eigenvalue weighted by Gasteiger charge is -2.43. The van der Waals surface area contributed by atoms with Crippen molar-refractivity contribution in [2.45, 2.75) is 39.7 Å². The zero-order chi connectivity index (χ0) is 16.7. The third kappa shape index (κ3) is 3.15. The molecule has 1 aliphatic heterocycles. The summed E-state index contributed by atoms with van der Waals surface area (Å²) >= 11 is 0. The first-order chi connectivity index (χ1) is 10.1. The molecular weight excluding hydrogens is 294 g/mol. The number of anilines is 1. The van der Waals surface area contributed by atoms with Gasteiger partial charge in [0.1, 0.15) is 0 Å². The van der Waals surface area contributed by atoms with Crippen LogP contribution < -0.4 is 5.73 Å². The fraction of sp³-hybridized carbons (Fsp3) is 0.714. The van der Waals surface area contributed by atoms with Gasteiger partial charge in [-0.1, -0.05) is 20.8 Å². The molecule has 2 atom stereocenters. The van der Waals surface area contributed by atoms with Crippen LogP contribution in [0.25, 0.3) is 0 Å². The Labute approximate surface area is 127 Å². The van der Waals surface area contributed by atoms with Crippen LogP contribution in [0.2, 0.25) is 0 Å². The van der Waals surface area contributed by atoms with Crippen molar-refractivity contribution in [3.63, 3.8) is 0 Å². The summed E-state index contributed by atoms with van der Waals surface area (Å²) in [6.45, 7) is 6.74. The van der Waals surface area contributed by atoms with Gasteiger partial charge < -0.3 is 15.7 Å². The summed E-state index contributed by atoms with van der Waals surface area (Å²) in [5, 5.41) is 13.1. The fourth-order valence-corrected chi connectivity index (χ4v) is 3.04. The number of nitrogen functional groups attached to an aromatic ring is 1. The molecule has 1 aliphatic rings. The molecule has 0 saturated carbocycles. The summed E-state index contributed by atoms with van der Waals surface area (Å²) < 4.78 is 27.2. The topological polar surface area (TPSA) is 84.4 Å². The van der Waals surface area contributed by atoms with Crippen molar-refractivity contribution in [2.24, 2.45) is 11.3 Å². The van der Waals surface area contributed by atoms with Gasteiger partial charge in [0, 0.05) is 25.2 Å². The lowest BCUT2D eigenvalue weighted by molar-refractivity contribution is 0.0457. The minimum atomic E-state index is -2.71. The number of hydrogen-bond donors (Lipinski definition) is 2. The first kappa shape index (κ1) is 16.5. The highest BCUT2D eigenvalue weighted by Gasteiger charge is 2.40. The van der Waals surface area contributed by atoms with E-state index in [4.69, 9.17) is 5.73 Å². The number of aromatic nitrogens is 2. The number of nitrogens with zero attached hydrogens (tertiary/aromatic N) is 3. The Hall–Kier alpha value is -1.86. The van der Waals surface area contributed by atoms with Crippen LogP contribution in [0.1, 0.15) is 45.4 Å². The van der Waals surface area contributed by atoms with Crippen molar-refractivity contribution < 1.29 is 18.7 Å². The van der Waals surface area contributed by atoms with Crippen LogP contribution in [0, 0.1) is 11.3 Å². The van der Waals surface area contributed by atoms with Crippen molar-refractivity contribution in [2.75, 3.05) is 18.8 Å². The lowest BCUT2D eigenvalue weighted by Crippen LogP contribution is -2.48. The Kier molecular flexibility index (Phi) is 4.30. The van der Waals surface area contributed by atoms with Crippen LogP contribution in [-0.4, -0.2) is 39.0 Å². The third-order valence-electron chi connectivity index (χ3n) is 4.30. The van der Waals surface area contributed by atoms with Crippen LogP contribution in [0.3, 0.4) is 0 Å². The number of likely N-dealkylation sites (tertiary alicyclic amines) is 1. The van der Waals surface area contributed by atoms with E-state index in [0.717, 1.165) is 0 Å². The summed E-state index contributed by atoms with van der Waals surface area (Å²) in [4.78, 5) is 12.6. The van der Waals surface area contributed by atoms with Crippen molar-refractivity contribution >= 4 is 11.8 Å². The molecule has 3 N–H and O–H groups in total. The Balaban J connectivity index is 2.32. The smallest absolute Gasteiger partial charge is 0.407 e. The van der Waals surface area contributed by atoms with Gasteiger partial charge in [0.2, 0.25) is 0 Å². The van der Waals surface area contributed by atoms with Gasteiger partial charge in [-0.25, -0.2) is 13.6 Å². The molecule has 1 aromatic heterocycles. The number of rotatable bonds is 2. The normalized spacial score (nSPS) is 23.1. The zero-order valence-corrected chi connectivity index (χ0v) is 13.0. The van der Waals surface area contributed by atoms with E-state index in [-0.39, 0.29) is 23.1 Å². The Bertz CT molecular complexity index is 554. The Morgan fingerprint density at radius 1 is 1.50 bits per heavy atom. The van der Waals surface area contributed by atoms with Gasteiger partial charge in [-0.3, -0.25) is 4.68 Å². The summed E-state index contributed by atoms with van der Waals surface area (Å²) in [6, 6.07) is -0.148. The molecular formula is C14H22F2N4O2. The van der Waals surface area contributed by atoms with E-state index < -0.39 is 18.2 Å². The molecule has 1 aromatic rings. The Morgan fingerprint density at radius 2 is 2.14 bits per heavy atom. The molecule has 22 heavy (non-hydrogen) atoms. The maximum absolute atomic E-state index is 12.9. The van der Waals surface area contributed by atoms with Gasteiger partial charge in [0.05, 0.1) is 11.7 Å². The summed E-state index contributed by atoms with van der Waals surface area (Å²) in [6.07, 6.45) is -1.71.